The van der Waals surface area contributed by atoms with Crippen molar-refractivity contribution in [2.24, 2.45) is 0 Å². The lowest BCUT2D eigenvalue weighted by molar-refractivity contribution is -0.176. The number of alkyl halides is 3. The molecular formula is C12H17F3N2O3. The molecule has 1 unspecified atom stereocenters. The Hall–Kier alpha value is -1.31. The van der Waals surface area contributed by atoms with E-state index in [-0.39, 0.29) is 31.5 Å². The molecule has 5 nitrogen and oxygen atoms in total. The van der Waals surface area contributed by atoms with Crippen molar-refractivity contribution in [1.29, 1.82) is 0 Å². The lowest BCUT2D eigenvalue weighted by Gasteiger charge is -2.42. The average molecular weight is 294 g/mol. The Balaban J connectivity index is 1.83. The van der Waals surface area contributed by atoms with E-state index in [1.54, 1.807) is 4.90 Å². The van der Waals surface area contributed by atoms with Gasteiger partial charge in [-0.25, -0.2) is 0 Å². The van der Waals surface area contributed by atoms with Crippen LogP contribution in [0, 0.1) is 0 Å². The summed E-state index contributed by atoms with van der Waals surface area (Å²) in [5.41, 5.74) is 0. The van der Waals surface area contributed by atoms with Crippen molar-refractivity contribution >= 4 is 11.8 Å². The van der Waals surface area contributed by atoms with E-state index in [1.165, 1.54) is 4.90 Å². The zero-order valence-corrected chi connectivity index (χ0v) is 11.0. The number of piperazine rings is 1. The molecule has 0 aromatic rings. The number of rotatable bonds is 4. The Morgan fingerprint density at radius 1 is 1.25 bits per heavy atom. The highest BCUT2D eigenvalue weighted by Gasteiger charge is 2.40. The van der Waals surface area contributed by atoms with Gasteiger partial charge >= 0.3 is 6.18 Å². The predicted octanol–water partition coefficient (Wildman–Crippen LogP) is 0.789. The average Bonchev–Trinajstić information content (AvgIpc) is 2.39. The Bertz CT molecular complexity index is 387. The van der Waals surface area contributed by atoms with Crippen LogP contribution in [0.1, 0.15) is 19.3 Å². The summed E-state index contributed by atoms with van der Waals surface area (Å²) in [4.78, 5) is 26.9. The van der Waals surface area contributed by atoms with E-state index < -0.39 is 18.8 Å². The van der Waals surface area contributed by atoms with Crippen LogP contribution in [-0.2, 0) is 14.3 Å². The standard InChI is InChI=1S/C12H17F3N2O3/c13-12(14,15)8-20-6-5-16-7-10(18)17-4-2-1-3-9(17)11(16)19/h9H,1-8H2. The quantitative estimate of drug-likeness (QED) is 0.720. The molecule has 114 valence electrons. The van der Waals surface area contributed by atoms with Crippen LogP contribution in [0.15, 0.2) is 0 Å². The van der Waals surface area contributed by atoms with Crippen molar-refractivity contribution in [2.45, 2.75) is 31.5 Å². The normalized spacial score (nSPS) is 24.1. The monoisotopic (exact) mass is 294 g/mol. The van der Waals surface area contributed by atoms with Gasteiger partial charge in [0.25, 0.3) is 0 Å². The molecule has 20 heavy (non-hydrogen) atoms. The van der Waals surface area contributed by atoms with Crippen LogP contribution in [0.3, 0.4) is 0 Å². The largest absolute Gasteiger partial charge is 0.411 e. The van der Waals surface area contributed by atoms with Crippen molar-refractivity contribution in [3.05, 3.63) is 0 Å². The minimum absolute atomic E-state index is 0.0188. The molecule has 2 aliphatic rings. The molecule has 2 fully saturated rings. The maximum absolute atomic E-state index is 12.2. The number of halogens is 3. The van der Waals surface area contributed by atoms with E-state index in [0.717, 1.165) is 12.8 Å². The number of fused-ring (bicyclic) bond motifs is 1. The molecule has 2 amide bonds. The van der Waals surface area contributed by atoms with Gasteiger partial charge in [-0.05, 0) is 19.3 Å². The van der Waals surface area contributed by atoms with E-state index >= 15 is 0 Å². The fourth-order valence-electron chi connectivity index (χ4n) is 2.58. The van der Waals surface area contributed by atoms with Gasteiger partial charge in [0.15, 0.2) is 0 Å². The number of ether oxygens (including phenoxy) is 1. The predicted molar refractivity (Wildman–Crippen MR) is 62.8 cm³/mol. The number of piperidine rings is 1. The highest BCUT2D eigenvalue weighted by molar-refractivity contribution is 5.95. The summed E-state index contributed by atoms with van der Waals surface area (Å²) in [5.74, 6) is -0.315. The SMILES string of the molecule is O=C1C2CCCCN2C(=O)CN1CCOCC(F)(F)F. The maximum Gasteiger partial charge on any atom is 0.411 e. The second-order valence-electron chi connectivity index (χ2n) is 5.03. The molecule has 0 aromatic carbocycles. The number of hydrogen-bond acceptors (Lipinski definition) is 3. The van der Waals surface area contributed by atoms with Gasteiger partial charge in [0.1, 0.15) is 12.6 Å². The van der Waals surface area contributed by atoms with Crippen molar-refractivity contribution in [3.8, 4) is 0 Å². The first kappa shape index (κ1) is 15.1. The Labute approximate surface area is 114 Å². The minimum atomic E-state index is -4.37. The molecule has 0 bridgehead atoms. The van der Waals surface area contributed by atoms with Gasteiger partial charge in [-0.15, -0.1) is 0 Å². The van der Waals surface area contributed by atoms with Crippen molar-refractivity contribution in [1.82, 2.24) is 9.80 Å². The number of nitrogens with zero attached hydrogens (tertiary/aromatic N) is 2. The molecule has 0 aromatic heterocycles. The lowest BCUT2D eigenvalue weighted by Crippen LogP contribution is -2.61. The molecule has 0 N–H and O–H groups in total. The summed E-state index contributed by atoms with van der Waals surface area (Å²) in [6, 6.07) is -0.437. The molecule has 0 aliphatic carbocycles. The van der Waals surface area contributed by atoms with Crippen LogP contribution >= 0.6 is 0 Å². The molecular weight excluding hydrogens is 277 g/mol. The van der Waals surface area contributed by atoms with Gasteiger partial charge in [0.2, 0.25) is 11.8 Å². The molecule has 2 saturated heterocycles. The Morgan fingerprint density at radius 3 is 2.70 bits per heavy atom. The topological polar surface area (TPSA) is 49.9 Å². The van der Waals surface area contributed by atoms with Crippen LogP contribution in [0.5, 0.6) is 0 Å². The van der Waals surface area contributed by atoms with Crippen LogP contribution < -0.4 is 0 Å². The van der Waals surface area contributed by atoms with Gasteiger partial charge < -0.3 is 14.5 Å². The van der Waals surface area contributed by atoms with Crippen LogP contribution in [0.25, 0.3) is 0 Å². The third-order valence-corrected chi connectivity index (χ3v) is 3.52. The van der Waals surface area contributed by atoms with Crippen molar-refractivity contribution < 1.29 is 27.5 Å². The summed E-state index contributed by atoms with van der Waals surface area (Å²) in [5, 5.41) is 0. The second kappa shape index (κ2) is 5.99. The number of amides is 2. The van der Waals surface area contributed by atoms with Gasteiger partial charge in [-0.2, -0.15) is 13.2 Å². The second-order valence-corrected chi connectivity index (χ2v) is 5.03. The highest BCUT2D eigenvalue weighted by atomic mass is 19.4. The van der Waals surface area contributed by atoms with Gasteiger partial charge in [-0.3, -0.25) is 9.59 Å². The fraction of sp³-hybridized carbons (Fsp3) is 0.833. The number of hydrogen-bond donors (Lipinski definition) is 0. The van der Waals surface area contributed by atoms with Crippen LogP contribution in [-0.4, -0.2) is 66.7 Å². The molecule has 2 heterocycles. The Kier molecular flexibility index (Phi) is 4.52. The molecule has 8 heteroatoms. The first-order valence-corrected chi connectivity index (χ1v) is 6.61. The molecule has 2 rings (SSSR count). The summed E-state index contributed by atoms with van der Waals surface area (Å²) < 4.78 is 40.2. The molecule has 0 spiro atoms. The van der Waals surface area contributed by atoms with Crippen LogP contribution in [0.2, 0.25) is 0 Å². The third-order valence-electron chi connectivity index (χ3n) is 3.52. The van der Waals surface area contributed by atoms with Gasteiger partial charge in [0, 0.05) is 13.1 Å². The number of carbonyl (C=O) groups excluding carboxylic acids is 2. The van der Waals surface area contributed by atoms with E-state index in [1.807, 2.05) is 0 Å². The van der Waals surface area contributed by atoms with E-state index in [2.05, 4.69) is 4.74 Å². The molecule has 2 aliphatic heterocycles. The first-order chi connectivity index (χ1) is 9.38. The van der Waals surface area contributed by atoms with E-state index in [0.29, 0.717) is 13.0 Å². The summed E-state index contributed by atoms with van der Waals surface area (Å²) >= 11 is 0. The molecule has 1 atom stereocenters. The summed E-state index contributed by atoms with van der Waals surface area (Å²) in [6.45, 7) is -1.01. The number of carbonyl (C=O) groups is 2. The van der Waals surface area contributed by atoms with Gasteiger partial charge in [-0.1, -0.05) is 0 Å². The maximum atomic E-state index is 12.2. The molecule has 0 radical (unpaired) electrons. The van der Waals surface area contributed by atoms with Crippen LogP contribution in [0.4, 0.5) is 13.2 Å². The smallest absolute Gasteiger partial charge is 0.370 e. The first-order valence-electron chi connectivity index (χ1n) is 6.61. The minimum Gasteiger partial charge on any atom is -0.370 e. The fourth-order valence-corrected chi connectivity index (χ4v) is 2.58. The van der Waals surface area contributed by atoms with Gasteiger partial charge in [0.05, 0.1) is 13.2 Å². The lowest BCUT2D eigenvalue weighted by atomic mass is 9.98. The van der Waals surface area contributed by atoms with Crippen molar-refractivity contribution in [2.75, 3.05) is 32.8 Å². The Morgan fingerprint density at radius 2 is 2.00 bits per heavy atom. The molecule has 0 saturated carbocycles. The summed E-state index contributed by atoms with van der Waals surface area (Å²) in [6.07, 6.45) is -1.96. The van der Waals surface area contributed by atoms with E-state index in [4.69, 9.17) is 0 Å². The summed E-state index contributed by atoms with van der Waals surface area (Å²) in [7, 11) is 0. The van der Waals surface area contributed by atoms with E-state index in [9.17, 15) is 22.8 Å². The zero-order valence-electron chi connectivity index (χ0n) is 11.0. The van der Waals surface area contributed by atoms with Crippen molar-refractivity contribution in [3.63, 3.8) is 0 Å². The third kappa shape index (κ3) is 3.62. The zero-order chi connectivity index (χ0) is 14.8. The highest BCUT2D eigenvalue weighted by Crippen LogP contribution is 2.23.